The Balaban J connectivity index is 2.96. The number of hydrogen-bond donors (Lipinski definition) is 1. The third kappa shape index (κ3) is 4.34. The van der Waals surface area contributed by atoms with Crippen LogP contribution >= 0.6 is 11.6 Å². The lowest BCUT2D eigenvalue weighted by Crippen LogP contribution is -2.34. The van der Waals surface area contributed by atoms with Crippen LogP contribution in [0.2, 0.25) is 5.02 Å². The van der Waals surface area contributed by atoms with Crippen LogP contribution in [-0.2, 0) is 6.54 Å². The third-order valence-corrected chi connectivity index (χ3v) is 2.67. The Kier molecular flexibility index (Phi) is 5.22. The van der Waals surface area contributed by atoms with Crippen LogP contribution in [0.4, 0.5) is 19.0 Å². The van der Waals surface area contributed by atoms with Crippen molar-refractivity contribution in [1.82, 2.24) is 10.3 Å². The summed E-state index contributed by atoms with van der Waals surface area (Å²) in [5.74, 6) is 0.282. The lowest BCUT2D eigenvalue weighted by molar-refractivity contribution is -0.119. The van der Waals surface area contributed by atoms with Gasteiger partial charge in [-0.1, -0.05) is 11.6 Å². The second-order valence-electron chi connectivity index (χ2n) is 3.76. The molecule has 0 spiro atoms. The SMILES string of the molecule is CCN(CC(F)(F)F)c1ccc(Cl)c(CNC)n1. The van der Waals surface area contributed by atoms with Crippen LogP contribution in [0.1, 0.15) is 12.6 Å². The topological polar surface area (TPSA) is 28.2 Å². The molecule has 1 aromatic heterocycles. The van der Waals surface area contributed by atoms with Gasteiger partial charge in [0.15, 0.2) is 0 Å². The lowest BCUT2D eigenvalue weighted by atomic mass is 10.3. The molecule has 102 valence electrons. The van der Waals surface area contributed by atoms with E-state index in [1.165, 1.54) is 6.07 Å². The zero-order valence-corrected chi connectivity index (χ0v) is 10.9. The summed E-state index contributed by atoms with van der Waals surface area (Å²) in [5, 5.41) is 3.31. The lowest BCUT2D eigenvalue weighted by Gasteiger charge is -2.23. The molecule has 1 rings (SSSR count). The van der Waals surface area contributed by atoms with Gasteiger partial charge >= 0.3 is 6.18 Å². The fourth-order valence-corrected chi connectivity index (χ4v) is 1.68. The van der Waals surface area contributed by atoms with Gasteiger partial charge in [-0.15, -0.1) is 0 Å². The van der Waals surface area contributed by atoms with Crippen molar-refractivity contribution in [2.24, 2.45) is 0 Å². The molecule has 0 aromatic carbocycles. The van der Waals surface area contributed by atoms with Crippen molar-refractivity contribution >= 4 is 17.4 Å². The molecule has 0 radical (unpaired) electrons. The largest absolute Gasteiger partial charge is 0.405 e. The van der Waals surface area contributed by atoms with Crippen molar-refractivity contribution < 1.29 is 13.2 Å². The molecule has 1 aromatic rings. The minimum Gasteiger partial charge on any atom is -0.348 e. The van der Waals surface area contributed by atoms with Gasteiger partial charge in [0, 0.05) is 13.1 Å². The Hall–Kier alpha value is -1.01. The van der Waals surface area contributed by atoms with Gasteiger partial charge in [0.05, 0.1) is 10.7 Å². The summed E-state index contributed by atoms with van der Waals surface area (Å²) in [6, 6.07) is 3.06. The average molecular weight is 282 g/mol. The van der Waals surface area contributed by atoms with Gasteiger partial charge in [-0.3, -0.25) is 0 Å². The van der Waals surface area contributed by atoms with Crippen LogP contribution in [0, 0.1) is 0 Å². The highest BCUT2D eigenvalue weighted by Crippen LogP contribution is 2.23. The molecule has 3 nitrogen and oxygen atoms in total. The molecule has 0 fully saturated rings. The van der Waals surface area contributed by atoms with Gasteiger partial charge in [0.25, 0.3) is 0 Å². The van der Waals surface area contributed by atoms with Crippen molar-refractivity contribution in [3.8, 4) is 0 Å². The van der Waals surface area contributed by atoms with Crippen molar-refractivity contribution in [2.45, 2.75) is 19.6 Å². The summed E-state index contributed by atoms with van der Waals surface area (Å²) in [4.78, 5) is 5.31. The van der Waals surface area contributed by atoms with E-state index < -0.39 is 12.7 Å². The number of rotatable bonds is 5. The number of pyridine rings is 1. The van der Waals surface area contributed by atoms with Crippen LogP contribution in [0.5, 0.6) is 0 Å². The van der Waals surface area contributed by atoms with Crippen LogP contribution in [0.25, 0.3) is 0 Å². The van der Waals surface area contributed by atoms with E-state index in [-0.39, 0.29) is 12.4 Å². The monoisotopic (exact) mass is 281 g/mol. The maximum absolute atomic E-state index is 12.4. The summed E-state index contributed by atoms with van der Waals surface area (Å²) < 4.78 is 37.2. The minimum atomic E-state index is -4.25. The maximum atomic E-state index is 12.4. The number of nitrogens with one attached hydrogen (secondary N) is 1. The standard InChI is InChI=1S/C11H15ClF3N3/c1-3-18(7-11(13,14)15)10-5-4-8(12)9(17-10)6-16-2/h4-5,16H,3,6-7H2,1-2H3. The van der Waals surface area contributed by atoms with E-state index in [4.69, 9.17) is 11.6 Å². The molecule has 7 heteroatoms. The van der Waals surface area contributed by atoms with E-state index in [0.717, 1.165) is 4.90 Å². The first-order valence-electron chi connectivity index (χ1n) is 5.49. The molecule has 0 aliphatic rings. The Morgan fingerprint density at radius 3 is 2.56 bits per heavy atom. The number of anilines is 1. The summed E-state index contributed by atoms with van der Waals surface area (Å²) >= 11 is 5.91. The van der Waals surface area contributed by atoms with E-state index in [9.17, 15) is 13.2 Å². The molecule has 0 aliphatic heterocycles. The zero-order chi connectivity index (χ0) is 13.8. The van der Waals surface area contributed by atoms with Crippen LogP contribution in [0.15, 0.2) is 12.1 Å². The molecule has 1 N–H and O–H groups in total. The second kappa shape index (κ2) is 6.24. The van der Waals surface area contributed by atoms with Gasteiger partial charge in [-0.05, 0) is 26.1 Å². The molecular formula is C11H15ClF3N3. The average Bonchev–Trinajstić information content (AvgIpc) is 2.28. The van der Waals surface area contributed by atoms with Gasteiger partial charge < -0.3 is 10.2 Å². The normalized spacial score (nSPS) is 11.7. The van der Waals surface area contributed by atoms with E-state index in [2.05, 4.69) is 10.3 Å². The molecule has 0 amide bonds. The van der Waals surface area contributed by atoms with Crippen molar-refractivity contribution in [2.75, 3.05) is 25.0 Å². The third-order valence-electron chi connectivity index (χ3n) is 2.32. The second-order valence-corrected chi connectivity index (χ2v) is 4.16. The molecule has 0 atom stereocenters. The molecule has 0 unspecified atom stereocenters. The number of hydrogen-bond acceptors (Lipinski definition) is 3. The van der Waals surface area contributed by atoms with Gasteiger partial charge in [0.2, 0.25) is 0 Å². The fraction of sp³-hybridized carbons (Fsp3) is 0.545. The Morgan fingerprint density at radius 2 is 2.06 bits per heavy atom. The van der Waals surface area contributed by atoms with Crippen molar-refractivity contribution in [1.29, 1.82) is 0 Å². The predicted molar refractivity (Wildman–Crippen MR) is 66.0 cm³/mol. The van der Waals surface area contributed by atoms with Crippen molar-refractivity contribution in [3.05, 3.63) is 22.8 Å². The Labute approximate surface area is 109 Å². The minimum absolute atomic E-state index is 0.229. The number of nitrogens with zero attached hydrogens (tertiary/aromatic N) is 2. The Morgan fingerprint density at radius 1 is 1.39 bits per heavy atom. The van der Waals surface area contributed by atoms with Gasteiger partial charge in [0.1, 0.15) is 12.4 Å². The smallest absolute Gasteiger partial charge is 0.348 e. The molecule has 0 saturated carbocycles. The number of aromatic nitrogens is 1. The summed E-state index contributed by atoms with van der Waals surface area (Å²) in [6.07, 6.45) is -4.25. The molecule has 0 aliphatic carbocycles. The van der Waals surface area contributed by atoms with Gasteiger partial charge in [-0.2, -0.15) is 13.2 Å². The molecule has 1 heterocycles. The summed E-state index contributed by atoms with van der Waals surface area (Å²) in [6.45, 7) is 1.28. The van der Waals surface area contributed by atoms with E-state index >= 15 is 0 Å². The van der Waals surface area contributed by atoms with Crippen LogP contribution in [0.3, 0.4) is 0 Å². The summed E-state index contributed by atoms with van der Waals surface area (Å²) in [5.41, 5.74) is 0.539. The van der Waals surface area contributed by atoms with Gasteiger partial charge in [-0.25, -0.2) is 4.98 Å². The first-order chi connectivity index (χ1) is 8.37. The van der Waals surface area contributed by atoms with Crippen LogP contribution in [-0.4, -0.2) is 31.3 Å². The number of alkyl halides is 3. The molecule has 18 heavy (non-hydrogen) atoms. The molecule has 0 bridgehead atoms. The quantitative estimate of drug-likeness (QED) is 0.899. The molecule has 0 saturated heterocycles. The zero-order valence-electron chi connectivity index (χ0n) is 10.2. The van der Waals surface area contributed by atoms with Crippen molar-refractivity contribution in [3.63, 3.8) is 0 Å². The highest BCUT2D eigenvalue weighted by molar-refractivity contribution is 6.31. The van der Waals surface area contributed by atoms with E-state index in [0.29, 0.717) is 17.3 Å². The fourth-order valence-electron chi connectivity index (χ4n) is 1.51. The maximum Gasteiger partial charge on any atom is 0.405 e. The van der Waals surface area contributed by atoms with E-state index in [1.807, 2.05) is 0 Å². The highest BCUT2D eigenvalue weighted by Gasteiger charge is 2.30. The Bertz CT molecular complexity index is 396. The first kappa shape index (κ1) is 15.0. The predicted octanol–water partition coefficient (Wildman–Crippen LogP) is 2.84. The summed E-state index contributed by atoms with van der Waals surface area (Å²) in [7, 11) is 1.72. The first-order valence-corrected chi connectivity index (χ1v) is 5.87. The van der Waals surface area contributed by atoms with Crippen LogP contribution < -0.4 is 10.2 Å². The molecular weight excluding hydrogens is 267 g/mol. The van der Waals surface area contributed by atoms with E-state index in [1.54, 1.807) is 20.0 Å². The number of halogens is 4. The highest BCUT2D eigenvalue weighted by atomic mass is 35.5.